The Bertz CT molecular complexity index is 389. The number of aromatic nitrogens is 2. The van der Waals surface area contributed by atoms with E-state index in [0.717, 1.165) is 30.7 Å². The maximum absolute atomic E-state index is 4.44. The number of nitrogens with one attached hydrogen (secondary N) is 1. The molecule has 4 heteroatoms. The summed E-state index contributed by atoms with van der Waals surface area (Å²) in [5.41, 5.74) is 0. The molecular weight excluding hydrogens is 242 g/mol. The Hall–Kier alpha value is -0.480. The summed E-state index contributed by atoms with van der Waals surface area (Å²) in [7, 11) is 0. The Morgan fingerprint density at radius 3 is 2.61 bits per heavy atom. The molecule has 1 heterocycles. The van der Waals surface area contributed by atoms with E-state index in [9.17, 15) is 0 Å². The second-order valence-electron chi connectivity index (χ2n) is 6.03. The van der Waals surface area contributed by atoms with Crippen molar-refractivity contribution in [1.29, 1.82) is 0 Å². The van der Waals surface area contributed by atoms with Crippen molar-refractivity contribution in [3.05, 3.63) is 10.0 Å². The van der Waals surface area contributed by atoms with Gasteiger partial charge in [-0.05, 0) is 24.7 Å². The summed E-state index contributed by atoms with van der Waals surface area (Å²) in [5, 5.41) is 14.8. The monoisotopic (exact) mass is 265 g/mol. The van der Waals surface area contributed by atoms with E-state index in [2.05, 4.69) is 29.4 Å². The topological polar surface area (TPSA) is 37.8 Å². The molecule has 18 heavy (non-hydrogen) atoms. The summed E-state index contributed by atoms with van der Waals surface area (Å²) in [4.78, 5) is 0. The van der Waals surface area contributed by atoms with Crippen molar-refractivity contribution >= 4 is 11.3 Å². The molecule has 1 aromatic heterocycles. The van der Waals surface area contributed by atoms with Gasteiger partial charge in [0.25, 0.3) is 0 Å². The molecular formula is C14H23N3S. The minimum Gasteiger partial charge on any atom is -0.314 e. The van der Waals surface area contributed by atoms with Gasteiger partial charge in [-0.15, -0.1) is 21.5 Å². The van der Waals surface area contributed by atoms with Gasteiger partial charge in [0.05, 0.1) is 0 Å². The van der Waals surface area contributed by atoms with E-state index in [1.54, 1.807) is 0 Å². The molecule has 2 aliphatic carbocycles. The molecule has 0 amide bonds. The summed E-state index contributed by atoms with van der Waals surface area (Å²) in [6.07, 6.45) is 6.75. The fourth-order valence-electron chi connectivity index (χ4n) is 3.33. The number of rotatable bonds is 5. The van der Waals surface area contributed by atoms with Crippen molar-refractivity contribution in [2.45, 2.75) is 57.9 Å². The van der Waals surface area contributed by atoms with E-state index < -0.39 is 0 Å². The molecule has 0 radical (unpaired) electrons. The highest BCUT2D eigenvalue weighted by Gasteiger charge is 2.52. The number of fused-ring (bicyclic) bond motifs is 1. The van der Waals surface area contributed by atoms with Crippen LogP contribution < -0.4 is 5.32 Å². The predicted molar refractivity (Wildman–Crippen MR) is 74.9 cm³/mol. The molecule has 2 saturated carbocycles. The minimum atomic E-state index is 0.559. The van der Waals surface area contributed by atoms with E-state index in [1.165, 1.54) is 35.7 Å². The molecule has 0 aliphatic heterocycles. The highest BCUT2D eigenvalue weighted by atomic mass is 32.1. The third-order valence-corrected chi connectivity index (χ3v) is 5.40. The lowest BCUT2D eigenvalue weighted by Crippen LogP contribution is -2.24. The third-order valence-electron chi connectivity index (χ3n) is 4.32. The van der Waals surface area contributed by atoms with E-state index in [-0.39, 0.29) is 0 Å². The van der Waals surface area contributed by atoms with Crippen molar-refractivity contribution in [3.8, 4) is 0 Å². The van der Waals surface area contributed by atoms with Gasteiger partial charge in [-0.25, -0.2) is 0 Å². The van der Waals surface area contributed by atoms with E-state index in [0.29, 0.717) is 6.04 Å². The van der Waals surface area contributed by atoms with E-state index in [4.69, 9.17) is 0 Å². The number of hydrogen-bond acceptors (Lipinski definition) is 4. The van der Waals surface area contributed by atoms with Crippen LogP contribution in [0.1, 0.15) is 55.5 Å². The normalized spacial score (nSPS) is 30.5. The number of nitrogens with zero attached hydrogens (tertiary/aromatic N) is 2. The first kappa shape index (κ1) is 12.5. The quantitative estimate of drug-likeness (QED) is 0.889. The summed E-state index contributed by atoms with van der Waals surface area (Å²) < 4.78 is 0. The van der Waals surface area contributed by atoms with Crippen LogP contribution in [-0.4, -0.2) is 22.8 Å². The molecule has 2 atom stereocenters. The molecule has 0 bridgehead atoms. The third kappa shape index (κ3) is 2.59. The van der Waals surface area contributed by atoms with Crippen molar-refractivity contribution in [3.63, 3.8) is 0 Å². The van der Waals surface area contributed by atoms with Gasteiger partial charge in [-0.1, -0.05) is 26.7 Å². The SMILES string of the molecule is CC(C)NCCc1nnc(C2C3CCCCC32)s1. The van der Waals surface area contributed by atoms with Gasteiger partial charge in [-0.2, -0.15) is 0 Å². The molecule has 100 valence electrons. The lowest BCUT2D eigenvalue weighted by molar-refractivity contribution is 0.480. The van der Waals surface area contributed by atoms with Gasteiger partial charge in [0.2, 0.25) is 0 Å². The van der Waals surface area contributed by atoms with Crippen molar-refractivity contribution in [2.24, 2.45) is 11.8 Å². The highest BCUT2D eigenvalue weighted by Crippen LogP contribution is 2.61. The lowest BCUT2D eigenvalue weighted by Gasteiger charge is -2.05. The van der Waals surface area contributed by atoms with Crippen LogP contribution >= 0.6 is 11.3 Å². The van der Waals surface area contributed by atoms with Crippen LogP contribution in [-0.2, 0) is 6.42 Å². The van der Waals surface area contributed by atoms with Crippen molar-refractivity contribution in [2.75, 3.05) is 6.54 Å². The summed E-state index contributed by atoms with van der Waals surface area (Å²) >= 11 is 1.86. The fourth-order valence-corrected chi connectivity index (χ4v) is 4.42. The molecule has 2 aliphatic rings. The molecule has 2 fully saturated rings. The van der Waals surface area contributed by atoms with Crippen LogP contribution in [0.25, 0.3) is 0 Å². The van der Waals surface area contributed by atoms with Crippen LogP contribution in [0.3, 0.4) is 0 Å². The standard InChI is InChI=1S/C14H23N3S/c1-9(2)15-8-7-12-16-17-14(18-12)13-10-5-3-4-6-11(10)13/h9-11,13,15H,3-8H2,1-2H3. The zero-order valence-electron chi connectivity index (χ0n) is 11.4. The Morgan fingerprint density at radius 2 is 1.94 bits per heavy atom. The van der Waals surface area contributed by atoms with Crippen LogP contribution in [0.4, 0.5) is 0 Å². The van der Waals surface area contributed by atoms with Gasteiger partial charge < -0.3 is 5.32 Å². The first-order valence-corrected chi connectivity index (χ1v) is 8.13. The maximum atomic E-state index is 4.44. The molecule has 0 aromatic carbocycles. The fraction of sp³-hybridized carbons (Fsp3) is 0.857. The number of hydrogen-bond donors (Lipinski definition) is 1. The van der Waals surface area contributed by atoms with Gasteiger partial charge in [0, 0.05) is 24.9 Å². The van der Waals surface area contributed by atoms with Crippen LogP contribution in [0.2, 0.25) is 0 Å². The lowest BCUT2D eigenvalue weighted by atomic mass is 10.0. The molecule has 2 unspecified atom stereocenters. The molecule has 3 nitrogen and oxygen atoms in total. The summed E-state index contributed by atoms with van der Waals surface area (Å²) in [6, 6.07) is 0.559. The molecule has 1 N–H and O–H groups in total. The largest absolute Gasteiger partial charge is 0.314 e. The molecule has 0 saturated heterocycles. The summed E-state index contributed by atoms with van der Waals surface area (Å²) in [5.74, 6) is 2.68. The first-order chi connectivity index (χ1) is 8.75. The van der Waals surface area contributed by atoms with Crippen LogP contribution in [0, 0.1) is 11.8 Å². The van der Waals surface area contributed by atoms with E-state index in [1.807, 2.05) is 11.3 Å². The van der Waals surface area contributed by atoms with E-state index >= 15 is 0 Å². The average molecular weight is 265 g/mol. The Labute approximate surface area is 113 Å². The van der Waals surface area contributed by atoms with Crippen molar-refractivity contribution in [1.82, 2.24) is 15.5 Å². The molecule has 3 rings (SSSR count). The average Bonchev–Trinajstić information content (AvgIpc) is 2.91. The first-order valence-electron chi connectivity index (χ1n) is 7.31. The zero-order chi connectivity index (χ0) is 12.5. The predicted octanol–water partition coefficient (Wildman–Crippen LogP) is 2.98. The van der Waals surface area contributed by atoms with Gasteiger partial charge in [0.1, 0.15) is 10.0 Å². The second kappa shape index (κ2) is 5.25. The minimum absolute atomic E-state index is 0.559. The van der Waals surface area contributed by atoms with Crippen LogP contribution in [0.15, 0.2) is 0 Å². The van der Waals surface area contributed by atoms with Crippen LogP contribution in [0.5, 0.6) is 0 Å². The molecule has 0 spiro atoms. The Kier molecular flexibility index (Phi) is 3.66. The Morgan fingerprint density at radius 1 is 1.22 bits per heavy atom. The summed E-state index contributed by atoms with van der Waals surface area (Å²) in [6.45, 7) is 5.38. The smallest absolute Gasteiger partial charge is 0.121 e. The second-order valence-corrected chi connectivity index (χ2v) is 7.12. The maximum Gasteiger partial charge on any atom is 0.121 e. The van der Waals surface area contributed by atoms with Gasteiger partial charge >= 0.3 is 0 Å². The molecule has 1 aromatic rings. The zero-order valence-corrected chi connectivity index (χ0v) is 12.2. The van der Waals surface area contributed by atoms with Gasteiger partial charge in [-0.3, -0.25) is 0 Å². The van der Waals surface area contributed by atoms with Crippen molar-refractivity contribution < 1.29 is 0 Å². The highest BCUT2D eigenvalue weighted by molar-refractivity contribution is 7.11. The Balaban J connectivity index is 1.54. The van der Waals surface area contributed by atoms with Gasteiger partial charge in [0.15, 0.2) is 0 Å².